The van der Waals surface area contributed by atoms with E-state index in [2.05, 4.69) is 10.0 Å². The zero-order chi connectivity index (χ0) is 13.3. The first-order valence-electron chi connectivity index (χ1n) is 5.07. The lowest BCUT2D eigenvalue weighted by Gasteiger charge is -2.27. The van der Waals surface area contributed by atoms with Gasteiger partial charge in [-0.1, -0.05) is 11.6 Å². The Hall–Kier alpha value is -1.22. The second-order valence-electron chi connectivity index (χ2n) is 3.85. The predicted molar refractivity (Wildman–Crippen MR) is 65.1 cm³/mol. The molecule has 0 aromatic heterocycles. The summed E-state index contributed by atoms with van der Waals surface area (Å²) in [6.45, 7) is 1.07. The molecule has 7 nitrogen and oxygen atoms in total. The maximum absolute atomic E-state index is 12.0. The van der Waals surface area contributed by atoms with Gasteiger partial charge in [0.25, 0.3) is 5.69 Å². The number of nitro groups is 1. The van der Waals surface area contributed by atoms with Crippen LogP contribution in [0.1, 0.15) is 0 Å². The number of hydrogen-bond acceptors (Lipinski definition) is 5. The average Bonchev–Trinajstić information content (AvgIpc) is 2.24. The van der Waals surface area contributed by atoms with Crippen molar-refractivity contribution in [1.29, 1.82) is 0 Å². The lowest BCUT2D eigenvalue weighted by Crippen LogP contribution is -2.56. The van der Waals surface area contributed by atoms with Crippen molar-refractivity contribution in [2.75, 3.05) is 13.1 Å². The third-order valence-electron chi connectivity index (χ3n) is 2.52. The molecular weight excluding hydrogens is 282 g/mol. The Morgan fingerprint density at radius 3 is 2.61 bits per heavy atom. The Balaban J connectivity index is 2.35. The molecule has 1 saturated heterocycles. The molecule has 0 bridgehead atoms. The third-order valence-corrected chi connectivity index (χ3v) is 4.52. The first-order chi connectivity index (χ1) is 8.40. The summed E-state index contributed by atoms with van der Waals surface area (Å²) in [6, 6.07) is 3.11. The molecule has 0 amide bonds. The lowest BCUT2D eigenvalue weighted by atomic mass is 10.2. The molecule has 18 heavy (non-hydrogen) atoms. The molecule has 0 spiro atoms. The summed E-state index contributed by atoms with van der Waals surface area (Å²) in [4.78, 5) is 9.68. The lowest BCUT2D eigenvalue weighted by molar-refractivity contribution is -0.385. The Morgan fingerprint density at radius 1 is 1.44 bits per heavy atom. The Labute approximate surface area is 108 Å². The molecule has 98 valence electrons. The maximum Gasteiger partial charge on any atom is 0.270 e. The van der Waals surface area contributed by atoms with Crippen LogP contribution in [0.3, 0.4) is 0 Å². The van der Waals surface area contributed by atoms with E-state index in [-0.39, 0.29) is 21.6 Å². The molecule has 1 aliphatic heterocycles. The fourth-order valence-corrected chi connectivity index (χ4v) is 3.22. The Bertz CT molecular complexity index is 585. The Kier molecular flexibility index (Phi) is 3.53. The van der Waals surface area contributed by atoms with Crippen LogP contribution in [0.2, 0.25) is 5.02 Å². The number of nitro benzene ring substituents is 1. The van der Waals surface area contributed by atoms with Crippen LogP contribution >= 0.6 is 11.6 Å². The molecule has 1 aromatic carbocycles. The van der Waals surface area contributed by atoms with Gasteiger partial charge in [-0.3, -0.25) is 10.1 Å². The van der Waals surface area contributed by atoms with Crippen molar-refractivity contribution in [1.82, 2.24) is 10.0 Å². The molecule has 0 radical (unpaired) electrons. The smallest absolute Gasteiger partial charge is 0.270 e. The minimum absolute atomic E-state index is 0.0413. The van der Waals surface area contributed by atoms with Crippen LogP contribution in [-0.4, -0.2) is 32.5 Å². The topological polar surface area (TPSA) is 101 Å². The van der Waals surface area contributed by atoms with Crippen LogP contribution in [0.15, 0.2) is 23.1 Å². The monoisotopic (exact) mass is 291 g/mol. The van der Waals surface area contributed by atoms with Gasteiger partial charge < -0.3 is 5.32 Å². The molecule has 2 rings (SSSR count). The standard InChI is InChI=1S/C9H10ClN3O4S/c10-8-2-1-7(13(14)15)3-9(8)18(16,17)12-6-4-11-5-6/h1-3,6,11-12H,4-5H2. The van der Waals surface area contributed by atoms with Gasteiger partial charge in [0.05, 0.1) is 9.95 Å². The van der Waals surface area contributed by atoms with E-state index in [1.54, 1.807) is 0 Å². The number of nitrogens with zero attached hydrogens (tertiary/aromatic N) is 1. The molecule has 1 fully saturated rings. The number of non-ortho nitro benzene ring substituents is 1. The summed E-state index contributed by atoms with van der Waals surface area (Å²) < 4.78 is 26.4. The van der Waals surface area contributed by atoms with Crippen LogP contribution in [-0.2, 0) is 10.0 Å². The van der Waals surface area contributed by atoms with Crippen LogP contribution < -0.4 is 10.0 Å². The van der Waals surface area contributed by atoms with E-state index >= 15 is 0 Å². The highest BCUT2D eigenvalue weighted by Crippen LogP contribution is 2.26. The molecule has 1 heterocycles. The van der Waals surface area contributed by atoms with Crippen molar-refractivity contribution in [3.8, 4) is 0 Å². The number of hydrogen-bond donors (Lipinski definition) is 2. The Morgan fingerprint density at radius 2 is 2.11 bits per heavy atom. The van der Waals surface area contributed by atoms with Crippen molar-refractivity contribution in [3.63, 3.8) is 0 Å². The molecule has 0 saturated carbocycles. The van der Waals surface area contributed by atoms with Crippen molar-refractivity contribution < 1.29 is 13.3 Å². The quantitative estimate of drug-likeness (QED) is 0.621. The van der Waals surface area contributed by atoms with Gasteiger partial charge in [0.15, 0.2) is 0 Å². The van der Waals surface area contributed by atoms with Gasteiger partial charge in [-0.15, -0.1) is 0 Å². The first-order valence-corrected chi connectivity index (χ1v) is 6.93. The zero-order valence-corrected chi connectivity index (χ0v) is 10.7. The van der Waals surface area contributed by atoms with Crippen LogP contribution in [0, 0.1) is 10.1 Å². The van der Waals surface area contributed by atoms with Crippen LogP contribution in [0.25, 0.3) is 0 Å². The fraction of sp³-hybridized carbons (Fsp3) is 0.333. The largest absolute Gasteiger partial charge is 0.313 e. The highest BCUT2D eigenvalue weighted by atomic mass is 35.5. The van der Waals surface area contributed by atoms with E-state index in [0.29, 0.717) is 13.1 Å². The SMILES string of the molecule is O=[N+]([O-])c1ccc(Cl)c(S(=O)(=O)NC2CNC2)c1. The summed E-state index contributed by atoms with van der Waals surface area (Å²) >= 11 is 5.77. The zero-order valence-electron chi connectivity index (χ0n) is 9.09. The maximum atomic E-state index is 12.0. The van der Waals surface area contributed by atoms with Gasteiger partial charge >= 0.3 is 0 Å². The number of benzene rings is 1. The van der Waals surface area contributed by atoms with E-state index in [1.165, 1.54) is 6.07 Å². The number of halogens is 1. The minimum atomic E-state index is -3.83. The van der Waals surface area contributed by atoms with Crippen molar-refractivity contribution in [2.24, 2.45) is 0 Å². The summed E-state index contributed by atoms with van der Waals surface area (Å²) in [7, 11) is -3.83. The number of sulfonamides is 1. The van der Waals surface area contributed by atoms with E-state index in [0.717, 1.165) is 12.1 Å². The molecule has 9 heteroatoms. The molecule has 0 aliphatic carbocycles. The predicted octanol–water partition coefficient (Wildman–Crippen LogP) is 0.498. The van der Waals surface area contributed by atoms with Crippen molar-refractivity contribution >= 4 is 27.3 Å². The highest BCUT2D eigenvalue weighted by molar-refractivity contribution is 7.89. The summed E-state index contributed by atoms with van der Waals surface area (Å²) in [5.41, 5.74) is -0.313. The van der Waals surface area contributed by atoms with E-state index in [9.17, 15) is 18.5 Å². The molecule has 2 N–H and O–H groups in total. The average molecular weight is 292 g/mol. The van der Waals surface area contributed by atoms with Gasteiger partial charge in [-0.25, -0.2) is 13.1 Å². The molecule has 0 atom stereocenters. The van der Waals surface area contributed by atoms with Crippen LogP contribution in [0.5, 0.6) is 0 Å². The second kappa shape index (κ2) is 4.81. The number of nitrogens with one attached hydrogen (secondary N) is 2. The van der Waals surface area contributed by atoms with Gasteiger partial charge in [-0.05, 0) is 6.07 Å². The summed E-state index contributed by atoms with van der Waals surface area (Å²) in [5.74, 6) is 0. The normalized spacial score (nSPS) is 16.3. The molecule has 1 aliphatic rings. The van der Waals surface area contributed by atoms with E-state index < -0.39 is 14.9 Å². The number of rotatable bonds is 4. The summed E-state index contributed by atoms with van der Waals surface area (Å²) in [6.07, 6.45) is 0. The highest BCUT2D eigenvalue weighted by Gasteiger charge is 2.27. The van der Waals surface area contributed by atoms with Gasteiger partial charge in [0, 0.05) is 31.3 Å². The van der Waals surface area contributed by atoms with Crippen molar-refractivity contribution in [2.45, 2.75) is 10.9 Å². The van der Waals surface area contributed by atoms with Gasteiger partial charge in [0.1, 0.15) is 4.90 Å². The van der Waals surface area contributed by atoms with E-state index in [1.807, 2.05) is 0 Å². The van der Waals surface area contributed by atoms with E-state index in [4.69, 9.17) is 11.6 Å². The minimum Gasteiger partial charge on any atom is -0.313 e. The second-order valence-corrected chi connectivity index (χ2v) is 5.94. The fourth-order valence-electron chi connectivity index (χ4n) is 1.47. The first kappa shape index (κ1) is 13.2. The van der Waals surface area contributed by atoms with Crippen LogP contribution in [0.4, 0.5) is 5.69 Å². The molecule has 0 unspecified atom stereocenters. The summed E-state index contributed by atoms with van der Waals surface area (Å²) in [5, 5.41) is 13.5. The van der Waals surface area contributed by atoms with Gasteiger partial charge in [0.2, 0.25) is 10.0 Å². The van der Waals surface area contributed by atoms with Gasteiger partial charge in [-0.2, -0.15) is 0 Å². The molecule has 1 aromatic rings. The third kappa shape index (κ3) is 2.61. The molecular formula is C9H10ClN3O4S. The van der Waals surface area contributed by atoms with Crippen molar-refractivity contribution in [3.05, 3.63) is 33.3 Å².